The van der Waals surface area contributed by atoms with Gasteiger partial charge in [0.2, 0.25) is 0 Å². The molecule has 1 unspecified atom stereocenters. The largest absolute Gasteiger partial charge is 0.207 e. The lowest BCUT2D eigenvalue weighted by Gasteiger charge is -2.21. The Morgan fingerprint density at radius 2 is 2.07 bits per heavy atom. The fourth-order valence-corrected chi connectivity index (χ4v) is 2.82. The number of rotatable bonds is 0. The van der Waals surface area contributed by atoms with Crippen LogP contribution >= 0.6 is 11.8 Å². The first-order valence-electron chi connectivity index (χ1n) is 5.19. The van der Waals surface area contributed by atoms with Crippen molar-refractivity contribution in [2.75, 3.05) is 5.75 Å². The molecular weight excluding hydrogens is 195 g/mol. The normalized spacial score (nSPS) is 19.3. The van der Waals surface area contributed by atoms with E-state index in [0.29, 0.717) is 5.92 Å². The monoisotopic (exact) mass is 212 g/mol. The molecule has 0 spiro atoms. The van der Waals surface area contributed by atoms with Crippen LogP contribution in [-0.2, 0) is 0 Å². The molecule has 14 heavy (non-hydrogen) atoms. The lowest BCUT2D eigenvalue weighted by molar-refractivity contribution is 0.614. The standard InChI is InChI=1S/C10H11FS.C2H6/c1-7-4-5-12-10-3-2-8(11)6-9(7)10;1-2/h2-3,6-7H,4-5H2,1H3;1-2H3. The summed E-state index contributed by atoms with van der Waals surface area (Å²) in [5.74, 6) is 1.58. The summed E-state index contributed by atoms with van der Waals surface area (Å²) in [6.07, 6.45) is 1.17. The van der Waals surface area contributed by atoms with Gasteiger partial charge in [0.15, 0.2) is 0 Å². The van der Waals surface area contributed by atoms with Crippen LogP contribution in [0.2, 0.25) is 0 Å². The molecule has 0 amide bonds. The van der Waals surface area contributed by atoms with Crippen LogP contribution in [0, 0.1) is 5.82 Å². The Labute approximate surface area is 89.9 Å². The highest BCUT2D eigenvalue weighted by atomic mass is 32.2. The highest BCUT2D eigenvalue weighted by Gasteiger charge is 2.16. The molecule has 0 N–H and O–H groups in total. The predicted molar refractivity (Wildman–Crippen MR) is 61.5 cm³/mol. The van der Waals surface area contributed by atoms with Gasteiger partial charge in [-0.2, -0.15) is 0 Å². The van der Waals surface area contributed by atoms with Crippen molar-refractivity contribution in [3.8, 4) is 0 Å². The highest BCUT2D eigenvalue weighted by Crippen LogP contribution is 2.37. The highest BCUT2D eigenvalue weighted by molar-refractivity contribution is 7.99. The Morgan fingerprint density at radius 1 is 1.36 bits per heavy atom. The quantitative estimate of drug-likeness (QED) is 0.612. The smallest absolute Gasteiger partial charge is 0.123 e. The lowest BCUT2D eigenvalue weighted by atomic mass is 9.98. The second-order valence-corrected chi connectivity index (χ2v) is 4.36. The average molecular weight is 212 g/mol. The summed E-state index contributed by atoms with van der Waals surface area (Å²) >= 11 is 1.83. The van der Waals surface area contributed by atoms with Gasteiger partial charge in [0, 0.05) is 4.90 Å². The van der Waals surface area contributed by atoms with Gasteiger partial charge >= 0.3 is 0 Å². The van der Waals surface area contributed by atoms with Crippen molar-refractivity contribution in [1.29, 1.82) is 0 Å². The van der Waals surface area contributed by atoms with Gasteiger partial charge in [-0.3, -0.25) is 0 Å². The second-order valence-electron chi connectivity index (χ2n) is 3.22. The fraction of sp³-hybridized carbons (Fsp3) is 0.500. The van der Waals surface area contributed by atoms with Crippen molar-refractivity contribution < 1.29 is 4.39 Å². The fourth-order valence-electron chi connectivity index (χ4n) is 1.54. The zero-order chi connectivity index (χ0) is 10.6. The van der Waals surface area contributed by atoms with Gasteiger partial charge in [0.25, 0.3) is 0 Å². The van der Waals surface area contributed by atoms with Crippen molar-refractivity contribution in [2.45, 2.75) is 38.0 Å². The van der Waals surface area contributed by atoms with Crippen LogP contribution in [-0.4, -0.2) is 5.75 Å². The minimum absolute atomic E-state index is 0.108. The molecule has 1 aliphatic rings. The van der Waals surface area contributed by atoms with Gasteiger partial charge in [0.05, 0.1) is 0 Å². The van der Waals surface area contributed by atoms with E-state index in [1.54, 1.807) is 12.1 Å². The van der Waals surface area contributed by atoms with E-state index in [4.69, 9.17) is 0 Å². The first kappa shape index (κ1) is 11.6. The number of fused-ring (bicyclic) bond motifs is 1. The Morgan fingerprint density at radius 3 is 2.79 bits per heavy atom. The number of hydrogen-bond donors (Lipinski definition) is 0. The summed E-state index contributed by atoms with van der Waals surface area (Å²) in [6.45, 7) is 6.16. The summed E-state index contributed by atoms with van der Waals surface area (Å²) in [5.41, 5.74) is 1.19. The predicted octanol–water partition coefficient (Wildman–Crippen LogP) is 4.45. The molecule has 1 aliphatic heterocycles. The van der Waals surface area contributed by atoms with E-state index in [0.717, 1.165) is 0 Å². The van der Waals surface area contributed by atoms with Crippen molar-refractivity contribution in [2.24, 2.45) is 0 Å². The van der Waals surface area contributed by atoms with Crippen LogP contribution in [0.1, 0.15) is 38.7 Å². The summed E-state index contributed by atoms with van der Waals surface area (Å²) in [5, 5.41) is 0. The van der Waals surface area contributed by atoms with Crippen LogP contribution < -0.4 is 0 Å². The van der Waals surface area contributed by atoms with E-state index < -0.39 is 0 Å². The minimum atomic E-state index is -0.108. The van der Waals surface area contributed by atoms with E-state index >= 15 is 0 Å². The summed E-state index contributed by atoms with van der Waals surface area (Å²) < 4.78 is 12.9. The molecular formula is C12H17FS. The maximum Gasteiger partial charge on any atom is 0.123 e. The van der Waals surface area contributed by atoms with Crippen molar-refractivity contribution in [3.05, 3.63) is 29.6 Å². The molecule has 0 nitrogen and oxygen atoms in total. The third-order valence-corrected chi connectivity index (χ3v) is 3.43. The topological polar surface area (TPSA) is 0 Å². The van der Waals surface area contributed by atoms with Crippen molar-refractivity contribution in [1.82, 2.24) is 0 Å². The summed E-state index contributed by atoms with van der Waals surface area (Å²) in [7, 11) is 0. The zero-order valence-electron chi connectivity index (χ0n) is 9.01. The van der Waals surface area contributed by atoms with Gasteiger partial charge in [-0.1, -0.05) is 20.8 Å². The van der Waals surface area contributed by atoms with Gasteiger partial charge in [0.1, 0.15) is 5.82 Å². The molecule has 1 atom stereocenters. The maximum absolute atomic E-state index is 12.9. The number of hydrogen-bond acceptors (Lipinski definition) is 1. The molecule has 0 radical (unpaired) electrons. The van der Waals surface area contributed by atoms with E-state index in [1.165, 1.54) is 22.6 Å². The van der Waals surface area contributed by atoms with Crippen LogP contribution in [0.5, 0.6) is 0 Å². The van der Waals surface area contributed by atoms with Gasteiger partial charge < -0.3 is 0 Å². The van der Waals surface area contributed by atoms with Gasteiger partial charge in [-0.05, 0) is 41.9 Å². The van der Waals surface area contributed by atoms with Crippen LogP contribution in [0.25, 0.3) is 0 Å². The molecule has 0 bridgehead atoms. The third kappa shape index (κ3) is 2.50. The van der Waals surface area contributed by atoms with Crippen molar-refractivity contribution >= 4 is 11.8 Å². The molecule has 0 aromatic heterocycles. The van der Waals surface area contributed by atoms with E-state index in [1.807, 2.05) is 31.7 Å². The zero-order valence-corrected chi connectivity index (χ0v) is 9.83. The maximum atomic E-state index is 12.9. The first-order chi connectivity index (χ1) is 6.77. The van der Waals surface area contributed by atoms with E-state index in [-0.39, 0.29) is 5.82 Å². The third-order valence-electron chi connectivity index (χ3n) is 2.31. The molecule has 0 saturated carbocycles. The molecule has 0 aliphatic carbocycles. The Balaban J connectivity index is 0.000000461. The first-order valence-corrected chi connectivity index (χ1v) is 6.18. The molecule has 1 heterocycles. The molecule has 78 valence electrons. The number of thioether (sulfide) groups is 1. The molecule has 0 saturated heterocycles. The van der Waals surface area contributed by atoms with E-state index in [2.05, 4.69) is 6.92 Å². The SMILES string of the molecule is CC.CC1CCSc2ccc(F)cc21. The minimum Gasteiger partial charge on any atom is -0.207 e. The van der Waals surface area contributed by atoms with Crippen LogP contribution in [0.15, 0.2) is 23.1 Å². The average Bonchev–Trinajstić information content (AvgIpc) is 2.22. The molecule has 1 aromatic rings. The Bertz CT molecular complexity index is 296. The molecule has 2 rings (SSSR count). The van der Waals surface area contributed by atoms with Crippen LogP contribution in [0.4, 0.5) is 4.39 Å². The molecule has 2 heteroatoms. The molecule has 0 fully saturated rings. The summed E-state index contributed by atoms with van der Waals surface area (Å²) in [4.78, 5) is 1.26. The van der Waals surface area contributed by atoms with E-state index in [9.17, 15) is 4.39 Å². The van der Waals surface area contributed by atoms with Crippen molar-refractivity contribution in [3.63, 3.8) is 0 Å². The Hall–Kier alpha value is -0.500. The van der Waals surface area contributed by atoms with Crippen LogP contribution in [0.3, 0.4) is 0 Å². The van der Waals surface area contributed by atoms with Gasteiger partial charge in [-0.25, -0.2) is 4.39 Å². The second kappa shape index (κ2) is 5.40. The lowest BCUT2D eigenvalue weighted by Crippen LogP contribution is -2.03. The Kier molecular flexibility index (Phi) is 4.46. The summed E-state index contributed by atoms with van der Waals surface area (Å²) in [6, 6.07) is 5.11. The van der Waals surface area contributed by atoms with Gasteiger partial charge in [-0.15, -0.1) is 11.8 Å². The number of halogens is 1. The molecule has 1 aromatic carbocycles. The number of benzene rings is 1.